The zero-order valence-electron chi connectivity index (χ0n) is 14.6. The van der Waals surface area contributed by atoms with Gasteiger partial charge in [-0.3, -0.25) is 14.9 Å². The van der Waals surface area contributed by atoms with Crippen LogP contribution in [0.1, 0.15) is 13.8 Å². The van der Waals surface area contributed by atoms with Crippen LogP contribution in [-0.2, 0) is 4.79 Å². The van der Waals surface area contributed by atoms with E-state index in [-0.39, 0.29) is 17.3 Å². The maximum Gasteiger partial charge on any atom is 0.269 e. The molecule has 0 saturated carbocycles. The number of non-ortho nitro benzene ring substituents is 1. The van der Waals surface area contributed by atoms with Gasteiger partial charge in [0, 0.05) is 28.8 Å². The molecule has 1 N–H and O–H groups in total. The Morgan fingerprint density at radius 3 is 2.35 bits per heavy atom. The number of carbonyl (C=O) groups excluding carboxylic acids is 1. The number of thioether (sulfide) groups is 1. The van der Waals surface area contributed by atoms with Gasteiger partial charge in [-0.25, -0.2) is 0 Å². The topological polar surface area (TPSA) is 90.7 Å². The third kappa shape index (κ3) is 5.66. The van der Waals surface area contributed by atoms with Crippen LogP contribution in [0.2, 0.25) is 0 Å². The predicted molar refractivity (Wildman–Crippen MR) is 101 cm³/mol. The van der Waals surface area contributed by atoms with Gasteiger partial charge in [-0.1, -0.05) is 0 Å². The molecule has 2 aromatic rings. The van der Waals surface area contributed by atoms with Gasteiger partial charge < -0.3 is 14.8 Å². The van der Waals surface area contributed by atoms with Gasteiger partial charge in [0.05, 0.1) is 23.9 Å². The van der Waals surface area contributed by atoms with Crippen LogP contribution in [-0.4, -0.2) is 29.8 Å². The minimum Gasteiger partial charge on any atom is -0.490 e. The monoisotopic (exact) mass is 376 g/mol. The van der Waals surface area contributed by atoms with E-state index >= 15 is 0 Å². The molecule has 0 radical (unpaired) electrons. The van der Waals surface area contributed by atoms with Crippen LogP contribution in [0, 0.1) is 10.1 Å². The van der Waals surface area contributed by atoms with Gasteiger partial charge in [-0.05, 0) is 38.1 Å². The Hall–Kier alpha value is -2.74. The third-order valence-corrected chi connectivity index (χ3v) is 4.26. The van der Waals surface area contributed by atoms with Crippen molar-refractivity contribution >= 4 is 29.0 Å². The number of rotatable bonds is 9. The average molecular weight is 376 g/mol. The molecule has 0 unspecified atom stereocenters. The van der Waals surface area contributed by atoms with Crippen LogP contribution in [0.4, 0.5) is 11.4 Å². The molecule has 0 fully saturated rings. The number of nitro groups is 1. The lowest BCUT2D eigenvalue weighted by Crippen LogP contribution is -2.14. The Balaban J connectivity index is 1.94. The molecule has 0 aromatic heterocycles. The lowest BCUT2D eigenvalue weighted by atomic mass is 10.2. The molecule has 0 aliphatic heterocycles. The van der Waals surface area contributed by atoms with Crippen molar-refractivity contribution in [3.05, 3.63) is 52.6 Å². The summed E-state index contributed by atoms with van der Waals surface area (Å²) in [7, 11) is 0. The van der Waals surface area contributed by atoms with E-state index in [1.54, 1.807) is 30.3 Å². The quantitative estimate of drug-likeness (QED) is 0.402. The molecule has 26 heavy (non-hydrogen) atoms. The van der Waals surface area contributed by atoms with Gasteiger partial charge in [0.15, 0.2) is 11.5 Å². The van der Waals surface area contributed by atoms with E-state index in [1.165, 1.54) is 23.9 Å². The Bertz CT molecular complexity index is 765. The molecule has 2 aromatic carbocycles. The van der Waals surface area contributed by atoms with E-state index in [0.717, 1.165) is 4.90 Å². The van der Waals surface area contributed by atoms with Gasteiger partial charge in [0.1, 0.15) is 0 Å². The summed E-state index contributed by atoms with van der Waals surface area (Å²) in [6.07, 6.45) is 0. The van der Waals surface area contributed by atoms with Crippen molar-refractivity contribution in [3.63, 3.8) is 0 Å². The maximum atomic E-state index is 12.1. The first-order chi connectivity index (χ1) is 12.5. The summed E-state index contributed by atoms with van der Waals surface area (Å²) in [5.41, 5.74) is 0.642. The molecule has 0 aliphatic carbocycles. The highest BCUT2D eigenvalue weighted by Gasteiger charge is 2.10. The number of amides is 1. The first-order valence-electron chi connectivity index (χ1n) is 8.10. The summed E-state index contributed by atoms with van der Waals surface area (Å²) in [6, 6.07) is 11.3. The second kappa shape index (κ2) is 9.67. The van der Waals surface area contributed by atoms with E-state index in [2.05, 4.69) is 5.32 Å². The number of benzene rings is 2. The normalized spacial score (nSPS) is 10.2. The van der Waals surface area contributed by atoms with Gasteiger partial charge in [0.25, 0.3) is 5.69 Å². The number of hydrogen-bond acceptors (Lipinski definition) is 6. The molecular weight excluding hydrogens is 356 g/mol. The Morgan fingerprint density at radius 2 is 1.73 bits per heavy atom. The average Bonchev–Trinajstić information content (AvgIpc) is 2.63. The number of carbonyl (C=O) groups is 1. The number of hydrogen-bond donors (Lipinski definition) is 1. The molecule has 2 rings (SSSR count). The SMILES string of the molecule is CCOc1ccc(NC(=O)CSc2ccc([N+](=O)[O-])cc2)cc1OCC. The largest absolute Gasteiger partial charge is 0.490 e. The van der Waals surface area contributed by atoms with E-state index < -0.39 is 4.92 Å². The molecule has 0 aliphatic rings. The van der Waals surface area contributed by atoms with Crippen molar-refractivity contribution in [2.24, 2.45) is 0 Å². The highest BCUT2D eigenvalue weighted by atomic mass is 32.2. The van der Waals surface area contributed by atoms with Crippen molar-refractivity contribution in [3.8, 4) is 11.5 Å². The molecule has 0 spiro atoms. The Morgan fingerprint density at radius 1 is 1.08 bits per heavy atom. The standard InChI is InChI=1S/C18H20N2O5S/c1-3-24-16-10-5-13(11-17(16)25-4-2)19-18(21)12-26-15-8-6-14(7-9-15)20(22)23/h5-11H,3-4,12H2,1-2H3,(H,19,21). The van der Waals surface area contributed by atoms with Crippen molar-refractivity contribution in [1.82, 2.24) is 0 Å². The Labute approximate surface area is 155 Å². The molecule has 0 bridgehead atoms. The smallest absolute Gasteiger partial charge is 0.269 e. The minimum absolute atomic E-state index is 0.0247. The molecular formula is C18H20N2O5S. The van der Waals surface area contributed by atoms with Crippen LogP contribution in [0.3, 0.4) is 0 Å². The Kier molecular flexibility index (Phi) is 7.28. The number of nitro benzene ring substituents is 1. The first-order valence-corrected chi connectivity index (χ1v) is 9.08. The highest BCUT2D eigenvalue weighted by Crippen LogP contribution is 2.31. The summed E-state index contributed by atoms with van der Waals surface area (Å²) in [5, 5.41) is 13.4. The summed E-state index contributed by atoms with van der Waals surface area (Å²) in [5.74, 6) is 1.22. The third-order valence-electron chi connectivity index (χ3n) is 3.24. The van der Waals surface area contributed by atoms with Crippen LogP contribution < -0.4 is 14.8 Å². The molecule has 7 nitrogen and oxygen atoms in total. The lowest BCUT2D eigenvalue weighted by molar-refractivity contribution is -0.384. The fourth-order valence-electron chi connectivity index (χ4n) is 2.14. The van der Waals surface area contributed by atoms with Crippen molar-refractivity contribution in [1.29, 1.82) is 0 Å². The molecule has 0 heterocycles. The first kappa shape index (κ1) is 19.6. The van der Waals surface area contributed by atoms with Crippen LogP contribution >= 0.6 is 11.8 Å². The zero-order valence-corrected chi connectivity index (χ0v) is 15.4. The molecule has 138 valence electrons. The predicted octanol–water partition coefficient (Wildman–Crippen LogP) is 4.12. The van der Waals surface area contributed by atoms with E-state index in [1.807, 2.05) is 13.8 Å². The highest BCUT2D eigenvalue weighted by molar-refractivity contribution is 8.00. The zero-order chi connectivity index (χ0) is 18.9. The molecule has 0 atom stereocenters. The van der Waals surface area contributed by atoms with Crippen LogP contribution in [0.15, 0.2) is 47.4 Å². The fourth-order valence-corrected chi connectivity index (χ4v) is 2.84. The second-order valence-corrected chi connectivity index (χ2v) is 6.16. The molecule has 8 heteroatoms. The van der Waals surface area contributed by atoms with E-state index in [4.69, 9.17) is 9.47 Å². The summed E-state index contributed by atoms with van der Waals surface area (Å²) in [4.78, 5) is 23.1. The maximum absolute atomic E-state index is 12.1. The van der Waals surface area contributed by atoms with Crippen LogP contribution in [0.5, 0.6) is 11.5 Å². The van der Waals surface area contributed by atoms with Gasteiger partial charge >= 0.3 is 0 Å². The van der Waals surface area contributed by atoms with Crippen LogP contribution in [0.25, 0.3) is 0 Å². The van der Waals surface area contributed by atoms with Crippen molar-refractivity contribution in [2.75, 3.05) is 24.3 Å². The summed E-state index contributed by atoms with van der Waals surface area (Å²) < 4.78 is 11.0. The van der Waals surface area contributed by atoms with E-state index in [9.17, 15) is 14.9 Å². The van der Waals surface area contributed by atoms with Crippen molar-refractivity contribution < 1.29 is 19.2 Å². The number of nitrogens with one attached hydrogen (secondary N) is 1. The fraction of sp³-hybridized carbons (Fsp3) is 0.278. The molecule has 0 saturated heterocycles. The van der Waals surface area contributed by atoms with Gasteiger partial charge in [-0.15, -0.1) is 11.8 Å². The summed E-state index contributed by atoms with van der Waals surface area (Å²) in [6.45, 7) is 4.79. The number of ether oxygens (including phenoxy) is 2. The summed E-state index contributed by atoms with van der Waals surface area (Å²) >= 11 is 1.30. The van der Waals surface area contributed by atoms with E-state index in [0.29, 0.717) is 30.4 Å². The second-order valence-electron chi connectivity index (χ2n) is 5.12. The number of nitrogens with zero attached hydrogens (tertiary/aromatic N) is 1. The van der Waals surface area contributed by atoms with Gasteiger partial charge in [-0.2, -0.15) is 0 Å². The lowest BCUT2D eigenvalue weighted by Gasteiger charge is -2.13. The number of anilines is 1. The molecule has 1 amide bonds. The van der Waals surface area contributed by atoms with Gasteiger partial charge in [0.2, 0.25) is 5.91 Å². The minimum atomic E-state index is -0.455. The van der Waals surface area contributed by atoms with Crippen molar-refractivity contribution in [2.45, 2.75) is 18.7 Å².